The van der Waals surface area contributed by atoms with Gasteiger partial charge in [-0.15, -0.1) is 0 Å². The average Bonchev–Trinajstić information content (AvgIpc) is 3.14. The number of urea groups is 1. The Bertz CT molecular complexity index is 1090. The lowest BCUT2D eigenvalue weighted by Gasteiger charge is -2.36. The highest BCUT2D eigenvalue weighted by molar-refractivity contribution is 6.04. The second-order valence-electron chi connectivity index (χ2n) is 7.25. The molecule has 2 aliphatic rings. The molecule has 2 amide bonds. The lowest BCUT2D eigenvalue weighted by atomic mass is 10.1. The Morgan fingerprint density at radius 2 is 2.10 bits per heavy atom. The van der Waals surface area contributed by atoms with Gasteiger partial charge in [0, 0.05) is 42.8 Å². The van der Waals surface area contributed by atoms with Crippen LogP contribution in [0, 0.1) is 12.7 Å². The van der Waals surface area contributed by atoms with E-state index in [2.05, 4.69) is 25.2 Å². The van der Waals surface area contributed by atoms with Gasteiger partial charge in [-0.2, -0.15) is 0 Å². The molecule has 7 nitrogen and oxygen atoms in total. The minimum absolute atomic E-state index is 0.0174. The highest BCUT2D eigenvalue weighted by atomic mass is 19.1. The third-order valence-corrected chi connectivity index (χ3v) is 5.32. The molecule has 146 valence electrons. The number of hydrogen-bond donors (Lipinski definition) is 1. The van der Waals surface area contributed by atoms with E-state index >= 15 is 0 Å². The van der Waals surface area contributed by atoms with Crippen molar-refractivity contribution >= 4 is 23.4 Å². The second kappa shape index (κ2) is 6.80. The molecular weight excluding hydrogens is 371 g/mol. The minimum atomic E-state index is -0.412. The number of aromatic nitrogens is 3. The molecule has 0 unspecified atom stereocenters. The number of nitrogens with zero attached hydrogens (tertiary/aromatic N) is 5. The van der Waals surface area contributed by atoms with Gasteiger partial charge in [0.05, 0.1) is 11.7 Å². The van der Waals surface area contributed by atoms with Crippen molar-refractivity contribution in [3.8, 4) is 11.3 Å². The predicted octanol–water partition coefficient (Wildman–Crippen LogP) is 3.62. The highest BCUT2D eigenvalue weighted by Crippen LogP contribution is 2.41. The van der Waals surface area contributed by atoms with E-state index in [1.165, 1.54) is 6.07 Å². The summed E-state index contributed by atoms with van der Waals surface area (Å²) >= 11 is 0. The SMILES string of the molecule is Cc1cc(-c2nc3c(cc2F)N2CC[C@@H](C2)N3C(=O)Nc2ccccn2)ccn1. The van der Waals surface area contributed by atoms with Gasteiger partial charge in [-0.25, -0.2) is 19.2 Å². The van der Waals surface area contributed by atoms with Crippen LogP contribution in [0.15, 0.2) is 48.8 Å². The topological polar surface area (TPSA) is 74.2 Å². The highest BCUT2D eigenvalue weighted by Gasteiger charge is 2.41. The number of nitrogens with one attached hydrogen (secondary N) is 1. The number of hydrogen-bond acceptors (Lipinski definition) is 5. The van der Waals surface area contributed by atoms with Gasteiger partial charge in [-0.05, 0) is 37.6 Å². The summed E-state index contributed by atoms with van der Waals surface area (Å²) in [6.45, 7) is 3.27. The van der Waals surface area contributed by atoms with E-state index in [4.69, 9.17) is 0 Å². The number of carbonyl (C=O) groups is 1. The molecule has 5 heterocycles. The van der Waals surface area contributed by atoms with Crippen molar-refractivity contribution in [1.29, 1.82) is 0 Å². The lowest BCUT2D eigenvalue weighted by molar-refractivity contribution is 0.254. The zero-order valence-electron chi connectivity index (χ0n) is 15.8. The number of anilines is 3. The van der Waals surface area contributed by atoms with Crippen molar-refractivity contribution in [2.24, 2.45) is 0 Å². The van der Waals surface area contributed by atoms with Crippen LogP contribution in [-0.4, -0.2) is 40.1 Å². The molecule has 0 aliphatic carbocycles. The average molecular weight is 390 g/mol. The van der Waals surface area contributed by atoms with Crippen molar-refractivity contribution in [1.82, 2.24) is 15.0 Å². The predicted molar refractivity (Wildman–Crippen MR) is 109 cm³/mol. The van der Waals surface area contributed by atoms with Gasteiger partial charge in [0.25, 0.3) is 0 Å². The molecule has 1 atom stereocenters. The van der Waals surface area contributed by atoms with Gasteiger partial charge < -0.3 is 4.90 Å². The molecule has 1 saturated heterocycles. The molecule has 1 N–H and O–H groups in total. The molecule has 2 bridgehead atoms. The maximum atomic E-state index is 15.0. The molecule has 3 aromatic rings. The van der Waals surface area contributed by atoms with Crippen LogP contribution < -0.4 is 15.1 Å². The molecule has 29 heavy (non-hydrogen) atoms. The van der Waals surface area contributed by atoms with Crippen molar-refractivity contribution in [2.45, 2.75) is 19.4 Å². The Hall–Kier alpha value is -3.55. The number of halogens is 1. The van der Waals surface area contributed by atoms with E-state index in [1.807, 2.05) is 13.0 Å². The second-order valence-corrected chi connectivity index (χ2v) is 7.25. The summed E-state index contributed by atoms with van der Waals surface area (Å²) in [6, 6.07) is 9.98. The molecule has 1 fully saturated rings. The summed E-state index contributed by atoms with van der Waals surface area (Å²) in [7, 11) is 0. The number of pyridine rings is 3. The van der Waals surface area contributed by atoms with Crippen LogP contribution in [0.5, 0.6) is 0 Å². The van der Waals surface area contributed by atoms with Crippen molar-refractivity contribution < 1.29 is 9.18 Å². The third kappa shape index (κ3) is 3.06. The first-order valence-electron chi connectivity index (χ1n) is 9.50. The Morgan fingerprint density at radius 1 is 1.21 bits per heavy atom. The summed E-state index contributed by atoms with van der Waals surface area (Å²) in [4.78, 5) is 29.8. The van der Waals surface area contributed by atoms with Gasteiger partial charge in [0.2, 0.25) is 0 Å². The van der Waals surface area contributed by atoms with Crippen molar-refractivity contribution in [3.63, 3.8) is 0 Å². The number of carbonyl (C=O) groups excluding carboxylic acids is 1. The molecule has 0 radical (unpaired) electrons. The molecule has 0 aromatic carbocycles. The van der Waals surface area contributed by atoms with E-state index in [1.54, 1.807) is 41.6 Å². The quantitative estimate of drug-likeness (QED) is 0.724. The maximum Gasteiger partial charge on any atom is 0.329 e. The van der Waals surface area contributed by atoms with Gasteiger partial charge in [0.15, 0.2) is 11.6 Å². The van der Waals surface area contributed by atoms with Crippen LogP contribution in [0.1, 0.15) is 12.1 Å². The summed E-state index contributed by atoms with van der Waals surface area (Å²) in [5.41, 5.74) is 2.26. The van der Waals surface area contributed by atoms with E-state index in [0.29, 0.717) is 29.4 Å². The zero-order chi connectivity index (χ0) is 20.0. The van der Waals surface area contributed by atoms with Crippen LogP contribution in [0.3, 0.4) is 0 Å². The number of rotatable bonds is 2. The Labute approximate surface area is 167 Å². The summed E-state index contributed by atoms with van der Waals surface area (Å²) < 4.78 is 15.0. The van der Waals surface area contributed by atoms with Crippen LogP contribution in [0.2, 0.25) is 0 Å². The number of fused-ring (bicyclic) bond motifs is 4. The molecule has 2 aliphatic heterocycles. The van der Waals surface area contributed by atoms with Gasteiger partial charge in [0.1, 0.15) is 11.5 Å². The molecule has 0 spiro atoms. The fourth-order valence-corrected chi connectivity index (χ4v) is 3.99. The van der Waals surface area contributed by atoms with Crippen LogP contribution in [0.25, 0.3) is 11.3 Å². The monoisotopic (exact) mass is 390 g/mol. The van der Waals surface area contributed by atoms with Gasteiger partial charge in [-0.1, -0.05) is 6.07 Å². The number of aryl methyl sites for hydroxylation is 1. The molecule has 8 heteroatoms. The van der Waals surface area contributed by atoms with E-state index < -0.39 is 5.82 Å². The fourth-order valence-electron chi connectivity index (χ4n) is 3.99. The third-order valence-electron chi connectivity index (χ3n) is 5.32. The summed E-state index contributed by atoms with van der Waals surface area (Å²) in [6.07, 6.45) is 4.05. The smallest absolute Gasteiger partial charge is 0.329 e. The first-order chi connectivity index (χ1) is 14.1. The first-order valence-corrected chi connectivity index (χ1v) is 9.50. The van der Waals surface area contributed by atoms with E-state index in [-0.39, 0.29) is 17.8 Å². The first kappa shape index (κ1) is 17.5. The van der Waals surface area contributed by atoms with E-state index in [9.17, 15) is 9.18 Å². The van der Waals surface area contributed by atoms with Gasteiger partial charge >= 0.3 is 6.03 Å². The summed E-state index contributed by atoms with van der Waals surface area (Å²) in [5.74, 6) is 0.523. The van der Waals surface area contributed by atoms with Gasteiger partial charge in [-0.3, -0.25) is 15.2 Å². The van der Waals surface area contributed by atoms with Crippen LogP contribution in [-0.2, 0) is 0 Å². The Kier molecular flexibility index (Phi) is 4.12. The molecule has 0 saturated carbocycles. The Balaban J connectivity index is 1.58. The maximum absolute atomic E-state index is 15.0. The summed E-state index contributed by atoms with van der Waals surface area (Å²) in [5, 5.41) is 2.83. The normalized spacial score (nSPS) is 17.2. The van der Waals surface area contributed by atoms with Crippen molar-refractivity contribution in [3.05, 3.63) is 60.3 Å². The minimum Gasteiger partial charge on any atom is -0.366 e. The standard InChI is InChI=1S/C21H19FN6O/c1-13-10-14(5-8-23-13)19-16(22)11-17-20(26-19)28(15-6-9-27(17)12-15)21(29)25-18-4-2-3-7-24-18/h2-5,7-8,10-11,15H,6,9,12H2,1H3,(H,24,25,29)/t15-/m0/s1. The Morgan fingerprint density at radius 3 is 2.90 bits per heavy atom. The number of amides is 2. The molecule has 3 aromatic heterocycles. The molecule has 5 rings (SSSR count). The van der Waals surface area contributed by atoms with Crippen LogP contribution in [0.4, 0.5) is 26.5 Å². The van der Waals surface area contributed by atoms with Crippen LogP contribution >= 0.6 is 0 Å². The fraction of sp³-hybridized carbons (Fsp3) is 0.238. The lowest BCUT2D eigenvalue weighted by Crippen LogP contribution is -2.48. The van der Waals surface area contributed by atoms with Crippen molar-refractivity contribution in [2.75, 3.05) is 28.2 Å². The molecular formula is C21H19FN6O. The zero-order valence-corrected chi connectivity index (χ0v) is 15.8. The van der Waals surface area contributed by atoms with E-state index in [0.717, 1.165) is 18.7 Å². The largest absolute Gasteiger partial charge is 0.366 e.